The van der Waals surface area contributed by atoms with Crippen LogP contribution < -0.4 is 4.74 Å². The highest BCUT2D eigenvalue weighted by atomic mass is 19.1. The van der Waals surface area contributed by atoms with Crippen LogP contribution in [0.25, 0.3) is 11.3 Å². The normalized spacial score (nSPS) is 11.3. The van der Waals surface area contributed by atoms with Gasteiger partial charge in [-0.15, -0.1) is 0 Å². The number of carbonyl (C=O) groups excluding carboxylic acids is 1. The second-order valence-corrected chi connectivity index (χ2v) is 5.80. The minimum absolute atomic E-state index is 0.0128. The summed E-state index contributed by atoms with van der Waals surface area (Å²) in [6.45, 7) is 5.59. The van der Waals surface area contributed by atoms with E-state index in [0.29, 0.717) is 12.0 Å². The number of hydroxylamine groups is 2. The van der Waals surface area contributed by atoms with Crippen LogP contribution >= 0.6 is 0 Å². The minimum atomic E-state index is -0.675. The largest absolute Gasteiger partial charge is 0.471 e. The van der Waals surface area contributed by atoms with Crippen LogP contribution in [0.5, 0.6) is 5.88 Å². The molecular weight excluding hydrogens is 303 g/mol. The number of hydrogen-bond donors (Lipinski definition) is 0. The molecule has 0 aliphatic heterocycles. The average Bonchev–Trinajstić information content (AvgIpc) is 2.87. The molecule has 0 fully saturated rings. The summed E-state index contributed by atoms with van der Waals surface area (Å²) < 4.78 is 24.4. The fraction of sp³-hybridized carbons (Fsp3) is 0.375. The molecule has 2 aromatic rings. The van der Waals surface area contributed by atoms with Crippen LogP contribution in [0.15, 0.2) is 34.9 Å². The Kier molecular flexibility index (Phi) is 5.33. The van der Waals surface area contributed by atoms with Gasteiger partial charge in [0.1, 0.15) is 6.61 Å². The second kappa shape index (κ2) is 7.23. The molecule has 0 aliphatic carbocycles. The Bertz CT molecular complexity index is 637. The summed E-state index contributed by atoms with van der Waals surface area (Å²) in [4.78, 5) is 16.3. The highest BCUT2D eigenvalue weighted by Gasteiger charge is 2.20. The van der Waals surface area contributed by atoms with Crippen LogP contribution in [-0.4, -0.2) is 35.4 Å². The smallest absolute Gasteiger partial charge is 0.291 e. The molecular formula is C16H19FN2O4. The summed E-state index contributed by atoms with van der Waals surface area (Å²) in [5.41, 5.74) is 0.0542. The molecule has 0 unspecified atom stereocenters. The number of ether oxygens (including phenoxy) is 1. The molecule has 0 N–H and O–H groups in total. The second-order valence-electron chi connectivity index (χ2n) is 5.80. The van der Waals surface area contributed by atoms with Crippen LogP contribution in [0.2, 0.25) is 0 Å². The van der Waals surface area contributed by atoms with E-state index in [1.165, 1.54) is 0 Å². The Morgan fingerprint density at radius 2 is 2.00 bits per heavy atom. The van der Waals surface area contributed by atoms with E-state index in [1.807, 2.05) is 26.8 Å². The molecule has 0 bridgehead atoms. The number of rotatable bonds is 7. The van der Waals surface area contributed by atoms with E-state index in [4.69, 9.17) is 14.1 Å². The molecule has 7 heteroatoms. The van der Waals surface area contributed by atoms with Gasteiger partial charge in [0.15, 0.2) is 0 Å². The van der Waals surface area contributed by atoms with E-state index in [-0.39, 0.29) is 24.8 Å². The molecule has 1 aromatic carbocycles. The molecule has 0 saturated carbocycles. The molecule has 23 heavy (non-hydrogen) atoms. The average molecular weight is 322 g/mol. The van der Waals surface area contributed by atoms with E-state index in [2.05, 4.69) is 5.16 Å². The van der Waals surface area contributed by atoms with Gasteiger partial charge in [-0.1, -0.05) is 30.3 Å². The lowest BCUT2D eigenvalue weighted by Crippen LogP contribution is -2.35. The third-order valence-electron chi connectivity index (χ3n) is 2.70. The fourth-order valence-corrected chi connectivity index (χ4v) is 1.83. The Balaban J connectivity index is 1.94. The highest BCUT2D eigenvalue weighted by molar-refractivity contribution is 5.58. The fourth-order valence-electron chi connectivity index (χ4n) is 1.83. The standard InChI is InChI=1S/C16H19FN2O4/c1-16(2,3)23-19(11-20)9-10-21-15-13(17)14(22-18-15)12-7-5-4-6-8-12/h4-8,11H,9-10H2,1-3H3. The quantitative estimate of drug-likeness (QED) is 0.579. The van der Waals surface area contributed by atoms with Crippen molar-refractivity contribution in [3.8, 4) is 17.2 Å². The van der Waals surface area contributed by atoms with Gasteiger partial charge in [-0.05, 0) is 25.9 Å². The van der Waals surface area contributed by atoms with Crippen LogP contribution in [0.1, 0.15) is 20.8 Å². The lowest BCUT2D eigenvalue weighted by molar-refractivity contribution is -0.217. The molecule has 0 atom stereocenters. The van der Waals surface area contributed by atoms with Crippen molar-refractivity contribution in [1.29, 1.82) is 0 Å². The van der Waals surface area contributed by atoms with E-state index >= 15 is 0 Å². The number of aromatic nitrogens is 1. The zero-order valence-electron chi connectivity index (χ0n) is 13.3. The molecule has 0 spiro atoms. The number of hydrogen-bond acceptors (Lipinski definition) is 5. The molecule has 2 rings (SSSR count). The number of amides is 1. The van der Waals surface area contributed by atoms with Gasteiger partial charge in [-0.2, -0.15) is 4.39 Å². The van der Waals surface area contributed by atoms with Crippen molar-refractivity contribution >= 4 is 6.41 Å². The molecule has 1 amide bonds. The Morgan fingerprint density at radius 1 is 1.30 bits per heavy atom. The van der Waals surface area contributed by atoms with Crippen molar-refractivity contribution in [1.82, 2.24) is 10.2 Å². The van der Waals surface area contributed by atoms with Gasteiger partial charge in [-0.3, -0.25) is 9.63 Å². The zero-order valence-corrected chi connectivity index (χ0v) is 13.3. The van der Waals surface area contributed by atoms with Gasteiger partial charge < -0.3 is 9.26 Å². The molecule has 1 aromatic heterocycles. The first-order valence-electron chi connectivity index (χ1n) is 7.15. The lowest BCUT2D eigenvalue weighted by atomic mass is 10.2. The first-order chi connectivity index (χ1) is 10.9. The summed E-state index contributed by atoms with van der Waals surface area (Å²) in [5, 5.41) is 4.66. The van der Waals surface area contributed by atoms with Gasteiger partial charge in [0.05, 0.1) is 12.1 Å². The van der Waals surface area contributed by atoms with E-state index < -0.39 is 11.4 Å². The molecule has 6 nitrogen and oxygen atoms in total. The van der Waals surface area contributed by atoms with Crippen molar-refractivity contribution < 1.29 is 23.3 Å². The number of halogens is 1. The summed E-state index contributed by atoms with van der Waals surface area (Å²) in [6.07, 6.45) is 0.545. The predicted octanol–water partition coefficient (Wildman–Crippen LogP) is 3.05. The van der Waals surface area contributed by atoms with Gasteiger partial charge in [0.25, 0.3) is 5.88 Å². The minimum Gasteiger partial charge on any atom is -0.471 e. The van der Waals surface area contributed by atoms with E-state index in [1.54, 1.807) is 24.3 Å². The monoisotopic (exact) mass is 322 g/mol. The van der Waals surface area contributed by atoms with Gasteiger partial charge >= 0.3 is 0 Å². The summed E-state index contributed by atoms with van der Waals surface area (Å²) in [7, 11) is 0. The molecule has 0 saturated heterocycles. The van der Waals surface area contributed by atoms with Crippen LogP contribution in [0.3, 0.4) is 0 Å². The van der Waals surface area contributed by atoms with Crippen molar-refractivity contribution in [2.75, 3.05) is 13.2 Å². The maximum absolute atomic E-state index is 14.2. The number of benzene rings is 1. The summed E-state index contributed by atoms with van der Waals surface area (Å²) >= 11 is 0. The maximum atomic E-state index is 14.2. The van der Waals surface area contributed by atoms with Crippen molar-refractivity contribution in [3.05, 3.63) is 36.1 Å². The van der Waals surface area contributed by atoms with E-state index in [0.717, 1.165) is 5.06 Å². The van der Waals surface area contributed by atoms with Gasteiger partial charge in [-0.25, -0.2) is 5.06 Å². The topological polar surface area (TPSA) is 64.8 Å². The Morgan fingerprint density at radius 3 is 2.61 bits per heavy atom. The van der Waals surface area contributed by atoms with Crippen molar-refractivity contribution in [2.45, 2.75) is 26.4 Å². The molecule has 124 valence electrons. The third-order valence-corrected chi connectivity index (χ3v) is 2.70. The predicted molar refractivity (Wildman–Crippen MR) is 81.0 cm³/mol. The van der Waals surface area contributed by atoms with Crippen molar-refractivity contribution in [2.24, 2.45) is 0 Å². The summed E-state index contributed by atoms with van der Waals surface area (Å²) in [6, 6.07) is 8.77. The SMILES string of the molecule is CC(C)(C)ON(C=O)CCOc1noc(-c2ccccc2)c1F. The molecule has 0 aliphatic rings. The maximum Gasteiger partial charge on any atom is 0.291 e. The van der Waals surface area contributed by atoms with E-state index in [9.17, 15) is 9.18 Å². The lowest BCUT2D eigenvalue weighted by Gasteiger charge is -2.26. The highest BCUT2D eigenvalue weighted by Crippen LogP contribution is 2.28. The number of nitrogens with zero attached hydrogens (tertiary/aromatic N) is 2. The summed E-state index contributed by atoms with van der Waals surface area (Å²) in [5.74, 6) is -0.908. The first kappa shape index (κ1) is 17.0. The van der Waals surface area contributed by atoms with Gasteiger partial charge in [0, 0.05) is 5.56 Å². The molecule has 1 heterocycles. The zero-order chi connectivity index (χ0) is 16.9. The van der Waals surface area contributed by atoms with Gasteiger partial charge in [0.2, 0.25) is 18.0 Å². The van der Waals surface area contributed by atoms with Crippen LogP contribution in [0, 0.1) is 5.82 Å². The first-order valence-corrected chi connectivity index (χ1v) is 7.15. The number of carbonyl (C=O) groups is 1. The van der Waals surface area contributed by atoms with Crippen molar-refractivity contribution in [3.63, 3.8) is 0 Å². The Hall–Kier alpha value is -2.41. The van der Waals surface area contributed by atoms with Crippen LogP contribution in [-0.2, 0) is 9.63 Å². The van der Waals surface area contributed by atoms with Crippen LogP contribution in [0.4, 0.5) is 4.39 Å². The molecule has 0 radical (unpaired) electrons. The Labute approximate surface area is 133 Å². The third kappa shape index (κ3) is 4.79.